The maximum Gasteiger partial charge on any atom is 0.221 e. The number of carbonyl (C=O) groups excluding carboxylic acids is 1. The van der Waals surface area contributed by atoms with Crippen LogP contribution in [-0.2, 0) is 22.4 Å². The van der Waals surface area contributed by atoms with E-state index in [1.54, 1.807) is 18.3 Å². The summed E-state index contributed by atoms with van der Waals surface area (Å²) < 4.78 is 5.60. The van der Waals surface area contributed by atoms with Gasteiger partial charge in [-0.2, -0.15) is 0 Å². The van der Waals surface area contributed by atoms with Crippen LogP contribution in [0.5, 0.6) is 0 Å². The van der Waals surface area contributed by atoms with Crippen molar-refractivity contribution in [3.63, 3.8) is 0 Å². The van der Waals surface area contributed by atoms with Crippen molar-refractivity contribution in [2.24, 2.45) is 0 Å². The van der Waals surface area contributed by atoms with Crippen molar-refractivity contribution in [3.05, 3.63) is 49.8 Å². The Morgan fingerprint density at radius 1 is 1.18 bits per heavy atom. The summed E-state index contributed by atoms with van der Waals surface area (Å²) in [6.45, 7) is 4.68. The van der Waals surface area contributed by atoms with Gasteiger partial charge in [-0.25, -0.2) is 0 Å². The van der Waals surface area contributed by atoms with Crippen LogP contribution in [0, 0.1) is 0 Å². The van der Waals surface area contributed by atoms with Gasteiger partial charge in [-0.15, -0.1) is 11.3 Å². The Balaban J connectivity index is 1.87. The lowest BCUT2D eigenvalue weighted by atomic mass is 9.88. The first kappa shape index (κ1) is 20.2. The van der Waals surface area contributed by atoms with Gasteiger partial charge in [0.25, 0.3) is 0 Å². The van der Waals surface area contributed by atoms with Crippen LogP contribution in [0.4, 0.5) is 5.00 Å². The monoisotopic (exact) mass is 438 g/mol. The fourth-order valence-electron chi connectivity index (χ4n) is 4.21. The third kappa shape index (κ3) is 4.10. The van der Waals surface area contributed by atoms with E-state index in [1.165, 1.54) is 28.8 Å². The fraction of sp³-hybridized carbons (Fsp3) is 0.476. The van der Waals surface area contributed by atoms with Gasteiger partial charge in [0.05, 0.1) is 29.3 Å². The Labute approximate surface area is 179 Å². The maximum atomic E-state index is 11.9. The Morgan fingerprint density at radius 3 is 2.64 bits per heavy atom. The average molecular weight is 439 g/mol. The number of fused-ring (bicyclic) bond motifs is 1. The second-order valence-electron chi connectivity index (χ2n) is 7.36. The van der Waals surface area contributed by atoms with Gasteiger partial charge < -0.3 is 10.1 Å². The van der Waals surface area contributed by atoms with Crippen LogP contribution in [0.1, 0.15) is 47.4 Å². The number of aryl methyl sites for hydroxylation is 1. The molecule has 1 saturated heterocycles. The zero-order valence-electron chi connectivity index (χ0n) is 15.9. The molecule has 0 radical (unpaired) electrons. The number of benzene rings is 1. The van der Waals surface area contributed by atoms with E-state index in [1.807, 2.05) is 12.1 Å². The molecule has 1 amide bonds. The number of anilines is 1. The van der Waals surface area contributed by atoms with Crippen molar-refractivity contribution >= 4 is 45.4 Å². The molecule has 1 N–H and O–H groups in total. The zero-order chi connectivity index (χ0) is 19.7. The van der Waals surface area contributed by atoms with Crippen molar-refractivity contribution in [1.82, 2.24) is 4.90 Å². The number of rotatable bonds is 4. The molecule has 28 heavy (non-hydrogen) atoms. The van der Waals surface area contributed by atoms with Crippen molar-refractivity contribution in [3.8, 4) is 0 Å². The summed E-state index contributed by atoms with van der Waals surface area (Å²) >= 11 is 14.3. The molecule has 2 aromatic rings. The third-order valence-electron chi connectivity index (χ3n) is 5.45. The van der Waals surface area contributed by atoms with E-state index in [2.05, 4.69) is 16.3 Å². The molecule has 2 heterocycles. The van der Waals surface area contributed by atoms with Crippen molar-refractivity contribution < 1.29 is 9.53 Å². The highest BCUT2D eigenvalue weighted by atomic mass is 35.5. The van der Waals surface area contributed by atoms with E-state index in [4.69, 9.17) is 27.9 Å². The van der Waals surface area contributed by atoms with Gasteiger partial charge in [-0.1, -0.05) is 29.3 Å². The van der Waals surface area contributed by atoms with Crippen LogP contribution in [0.2, 0.25) is 10.0 Å². The van der Waals surface area contributed by atoms with E-state index in [-0.39, 0.29) is 11.9 Å². The molecule has 0 saturated carbocycles. The number of thiophene rings is 1. The van der Waals surface area contributed by atoms with Gasteiger partial charge in [-0.3, -0.25) is 9.69 Å². The molecule has 1 aromatic carbocycles. The molecule has 0 spiro atoms. The van der Waals surface area contributed by atoms with E-state index >= 15 is 0 Å². The minimum Gasteiger partial charge on any atom is -0.379 e. The summed E-state index contributed by atoms with van der Waals surface area (Å²) in [5.74, 6) is -0.0327. The summed E-state index contributed by atoms with van der Waals surface area (Å²) in [5.41, 5.74) is 3.74. The molecule has 1 aliphatic heterocycles. The van der Waals surface area contributed by atoms with Crippen LogP contribution in [0.25, 0.3) is 0 Å². The zero-order valence-corrected chi connectivity index (χ0v) is 18.2. The van der Waals surface area contributed by atoms with Crippen molar-refractivity contribution in [2.75, 3.05) is 31.6 Å². The average Bonchev–Trinajstić information content (AvgIpc) is 3.03. The highest BCUT2D eigenvalue weighted by molar-refractivity contribution is 7.16. The summed E-state index contributed by atoms with van der Waals surface area (Å²) in [4.78, 5) is 15.8. The smallest absolute Gasteiger partial charge is 0.221 e. The van der Waals surface area contributed by atoms with E-state index < -0.39 is 0 Å². The number of nitrogens with one attached hydrogen (secondary N) is 1. The Kier molecular flexibility index (Phi) is 6.28. The first-order valence-corrected chi connectivity index (χ1v) is 11.3. The lowest BCUT2D eigenvalue weighted by Gasteiger charge is -2.36. The van der Waals surface area contributed by atoms with Crippen LogP contribution in [0.15, 0.2) is 18.2 Å². The molecule has 7 heteroatoms. The summed E-state index contributed by atoms with van der Waals surface area (Å²) in [5, 5.41) is 5.20. The van der Waals surface area contributed by atoms with Crippen LogP contribution in [-0.4, -0.2) is 37.1 Å². The molecular weight excluding hydrogens is 415 g/mol. The highest BCUT2D eigenvalue weighted by Gasteiger charge is 2.32. The molecule has 1 unspecified atom stereocenters. The van der Waals surface area contributed by atoms with Gasteiger partial charge in [0, 0.05) is 30.5 Å². The molecule has 1 aliphatic carbocycles. The van der Waals surface area contributed by atoms with E-state index in [0.717, 1.165) is 36.5 Å². The number of halogens is 2. The molecule has 1 atom stereocenters. The topological polar surface area (TPSA) is 41.6 Å². The molecule has 4 nitrogen and oxygen atoms in total. The lowest BCUT2D eigenvalue weighted by molar-refractivity contribution is -0.114. The third-order valence-corrected chi connectivity index (χ3v) is 7.41. The highest BCUT2D eigenvalue weighted by Crippen LogP contribution is 2.46. The maximum absolute atomic E-state index is 11.9. The molecule has 150 valence electrons. The molecule has 1 aromatic heterocycles. The lowest BCUT2D eigenvalue weighted by Crippen LogP contribution is -2.40. The minimum absolute atomic E-state index is 0.0265. The largest absolute Gasteiger partial charge is 0.379 e. The van der Waals surface area contributed by atoms with Gasteiger partial charge in [-0.05, 0) is 48.9 Å². The normalized spacial score (nSPS) is 18.5. The standard InChI is InChI=1S/C21H24Cl2N2O2S/c1-13(26)24-21-19(15-4-2-3-5-18(15)28-21)20(25-8-10-27-11-9-25)14-6-7-16(22)17(23)12-14/h6-7,12,20H,2-5,8-11H2,1H3,(H,24,26). The molecule has 2 aliphatic rings. The van der Waals surface area contributed by atoms with E-state index in [9.17, 15) is 4.79 Å². The van der Waals surface area contributed by atoms with Gasteiger partial charge in [0.15, 0.2) is 0 Å². The van der Waals surface area contributed by atoms with Crippen LogP contribution >= 0.6 is 34.5 Å². The summed E-state index contributed by atoms with van der Waals surface area (Å²) in [6, 6.07) is 5.91. The van der Waals surface area contributed by atoms with Gasteiger partial charge in [0.1, 0.15) is 5.00 Å². The van der Waals surface area contributed by atoms with Crippen molar-refractivity contribution in [2.45, 2.75) is 38.6 Å². The Morgan fingerprint density at radius 2 is 1.93 bits per heavy atom. The number of hydrogen-bond acceptors (Lipinski definition) is 4. The first-order valence-electron chi connectivity index (χ1n) is 9.73. The fourth-order valence-corrected chi connectivity index (χ4v) is 5.88. The molecule has 4 rings (SSSR count). The minimum atomic E-state index is -0.0327. The number of ether oxygens (including phenoxy) is 1. The summed E-state index contributed by atoms with van der Waals surface area (Å²) in [6.07, 6.45) is 4.54. The van der Waals surface area contributed by atoms with E-state index in [0.29, 0.717) is 23.3 Å². The number of morpholine rings is 1. The predicted molar refractivity (Wildman–Crippen MR) is 116 cm³/mol. The Hall–Kier alpha value is -1.11. The number of hydrogen-bond donors (Lipinski definition) is 1. The molecule has 1 fully saturated rings. The number of nitrogens with zero attached hydrogens (tertiary/aromatic N) is 1. The summed E-state index contributed by atoms with van der Waals surface area (Å²) in [7, 11) is 0. The quantitative estimate of drug-likeness (QED) is 0.702. The number of amides is 1. The van der Waals surface area contributed by atoms with Gasteiger partial charge in [0.2, 0.25) is 5.91 Å². The second-order valence-corrected chi connectivity index (χ2v) is 9.28. The van der Waals surface area contributed by atoms with Crippen LogP contribution < -0.4 is 5.32 Å². The van der Waals surface area contributed by atoms with Crippen LogP contribution in [0.3, 0.4) is 0 Å². The SMILES string of the molecule is CC(=O)Nc1sc2c(c1C(c1ccc(Cl)c(Cl)c1)N1CCOCC1)CCCC2. The number of carbonyl (C=O) groups is 1. The first-order chi connectivity index (χ1) is 13.5. The van der Waals surface area contributed by atoms with Crippen molar-refractivity contribution in [1.29, 1.82) is 0 Å². The second kappa shape index (κ2) is 8.72. The predicted octanol–water partition coefficient (Wildman–Crippen LogP) is 5.31. The van der Waals surface area contributed by atoms with Gasteiger partial charge >= 0.3 is 0 Å². The molecule has 0 bridgehead atoms. The molecular formula is C21H24Cl2N2O2S. The Bertz CT molecular complexity index is 878.